The van der Waals surface area contributed by atoms with E-state index in [0.29, 0.717) is 9.56 Å². The van der Waals surface area contributed by atoms with E-state index >= 15 is 0 Å². The van der Waals surface area contributed by atoms with E-state index in [1.165, 1.54) is 26.3 Å². The molecule has 0 fully saturated rings. The number of hydrogen-bond donors (Lipinski definition) is 1. The van der Waals surface area contributed by atoms with Gasteiger partial charge < -0.3 is 4.74 Å². The molecule has 2 aromatic rings. The molecule has 0 saturated carbocycles. The molecule has 0 aromatic carbocycles. The van der Waals surface area contributed by atoms with Crippen LogP contribution in [0.5, 0.6) is 0 Å². The van der Waals surface area contributed by atoms with Gasteiger partial charge in [-0.1, -0.05) is 0 Å². The summed E-state index contributed by atoms with van der Waals surface area (Å²) in [7, 11) is -1.90. The van der Waals surface area contributed by atoms with Crippen LogP contribution in [0.4, 0.5) is 4.79 Å². The maximum absolute atomic E-state index is 12.5. The van der Waals surface area contributed by atoms with Crippen LogP contribution in [0.3, 0.4) is 0 Å². The molecule has 0 aliphatic rings. The van der Waals surface area contributed by atoms with Gasteiger partial charge in [0.1, 0.15) is 10.7 Å². The summed E-state index contributed by atoms with van der Waals surface area (Å²) >= 11 is 1.01. The van der Waals surface area contributed by atoms with Gasteiger partial charge in [0.05, 0.1) is 12.7 Å². The van der Waals surface area contributed by atoms with Gasteiger partial charge in [-0.3, -0.25) is 4.57 Å². The number of nitrogens with zero attached hydrogens (tertiary/aromatic N) is 3. The van der Waals surface area contributed by atoms with Crippen LogP contribution >= 0.6 is 11.3 Å². The molecule has 2 aromatic heterocycles. The minimum Gasteiger partial charge on any atom is -0.465 e. The molecule has 0 radical (unpaired) electrons. The Labute approximate surface area is 140 Å². The maximum atomic E-state index is 12.5. The van der Waals surface area contributed by atoms with E-state index < -0.39 is 27.7 Å². The van der Waals surface area contributed by atoms with Gasteiger partial charge in [0.15, 0.2) is 0 Å². The maximum Gasteiger partial charge on any atom is 0.360 e. The molecular weight excluding hydrogens is 360 g/mol. The van der Waals surface area contributed by atoms with Gasteiger partial charge in [0.2, 0.25) is 0 Å². The first-order chi connectivity index (χ1) is 11.1. The van der Waals surface area contributed by atoms with Crippen LogP contribution < -0.4 is 10.4 Å². The fraction of sp³-hybridized carbons (Fsp3) is 0.333. The van der Waals surface area contributed by atoms with Crippen molar-refractivity contribution in [3.8, 4) is 0 Å². The summed E-state index contributed by atoms with van der Waals surface area (Å²) in [4.78, 5) is 35.5. The fourth-order valence-corrected chi connectivity index (χ4v) is 4.41. The number of sulfonamides is 1. The SMILES string of the molecule is COC(=O)c1csc(C)c1S(=O)(=O)NC(=O)n1nc(C)n(C)c1=O. The second-order valence-electron chi connectivity index (χ2n) is 4.74. The Morgan fingerprint density at radius 2 is 1.96 bits per heavy atom. The number of thiophene rings is 1. The van der Waals surface area contributed by atoms with E-state index in [4.69, 9.17) is 0 Å². The Hall–Kier alpha value is -2.47. The average molecular weight is 374 g/mol. The fourth-order valence-electron chi connectivity index (χ4n) is 1.91. The lowest BCUT2D eigenvalue weighted by Gasteiger charge is -2.07. The minimum atomic E-state index is -4.40. The van der Waals surface area contributed by atoms with Crippen LogP contribution in [0.25, 0.3) is 0 Å². The van der Waals surface area contributed by atoms with Crippen LogP contribution in [0, 0.1) is 13.8 Å². The minimum absolute atomic E-state index is 0.190. The Morgan fingerprint density at radius 1 is 1.33 bits per heavy atom. The molecular formula is C12H14N4O6S2. The normalized spacial score (nSPS) is 11.3. The first-order valence-corrected chi connectivity index (χ1v) is 8.82. The van der Waals surface area contributed by atoms with Crippen LogP contribution in [-0.4, -0.2) is 41.9 Å². The molecule has 12 heteroatoms. The third-order valence-corrected chi connectivity index (χ3v) is 5.75. The number of methoxy groups -OCH3 is 1. The van der Waals surface area contributed by atoms with Crippen molar-refractivity contribution in [1.82, 2.24) is 19.1 Å². The average Bonchev–Trinajstić information content (AvgIpc) is 3.02. The summed E-state index contributed by atoms with van der Waals surface area (Å²) in [6, 6.07) is -1.25. The highest BCUT2D eigenvalue weighted by atomic mass is 32.2. The monoisotopic (exact) mass is 374 g/mol. The highest BCUT2D eigenvalue weighted by Crippen LogP contribution is 2.27. The van der Waals surface area contributed by atoms with Crippen molar-refractivity contribution in [2.24, 2.45) is 7.05 Å². The number of aromatic nitrogens is 3. The van der Waals surface area contributed by atoms with E-state index in [0.717, 1.165) is 23.0 Å². The van der Waals surface area contributed by atoms with E-state index in [-0.39, 0.29) is 16.3 Å². The Kier molecular flexibility index (Phi) is 4.62. The molecule has 10 nitrogen and oxygen atoms in total. The molecule has 0 bridgehead atoms. The molecule has 1 N–H and O–H groups in total. The number of carbonyl (C=O) groups excluding carboxylic acids is 2. The molecule has 0 unspecified atom stereocenters. The predicted octanol–water partition coefficient (Wildman–Crippen LogP) is -0.00666. The van der Waals surface area contributed by atoms with Crippen LogP contribution in [0.2, 0.25) is 0 Å². The standard InChI is InChI=1S/C12H14N4O6S2/c1-6-9(8(5-23-6)10(17)22-4)24(20,21)14-11(18)16-12(19)15(3)7(2)13-16/h5H,1-4H3,(H,14,18). The van der Waals surface area contributed by atoms with Crippen molar-refractivity contribution in [2.45, 2.75) is 18.7 Å². The third kappa shape index (κ3) is 2.97. The molecule has 1 amide bonds. The summed E-state index contributed by atoms with van der Waals surface area (Å²) in [5.41, 5.74) is -0.986. The summed E-state index contributed by atoms with van der Waals surface area (Å²) in [6.07, 6.45) is 0. The summed E-state index contributed by atoms with van der Waals surface area (Å²) in [6.45, 7) is 2.96. The number of ether oxygens (including phenoxy) is 1. The van der Waals surface area contributed by atoms with Gasteiger partial charge >= 0.3 is 17.7 Å². The van der Waals surface area contributed by atoms with Crippen molar-refractivity contribution in [1.29, 1.82) is 0 Å². The molecule has 2 heterocycles. The van der Waals surface area contributed by atoms with Gasteiger partial charge in [0.25, 0.3) is 10.0 Å². The number of rotatable bonds is 3. The second kappa shape index (κ2) is 6.20. The van der Waals surface area contributed by atoms with E-state index in [1.807, 2.05) is 0 Å². The Balaban J connectivity index is 2.44. The van der Waals surface area contributed by atoms with Crippen LogP contribution in [0.1, 0.15) is 21.1 Å². The lowest BCUT2D eigenvalue weighted by molar-refractivity contribution is 0.0597. The van der Waals surface area contributed by atoms with E-state index in [2.05, 4.69) is 9.84 Å². The quantitative estimate of drug-likeness (QED) is 0.748. The van der Waals surface area contributed by atoms with E-state index in [1.54, 1.807) is 4.72 Å². The largest absolute Gasteiger partial charge is 0.465 e. The van der Waals surface area contributed by atoms with Gasteiger partial charge in [0, 0.05) is 17.3 Å². The predicted molar refractivity (Wildman–Crippen MR) is 83.7 cm³/mol. The smallest absolute Gasteiger partial charge is 0.360 e. The van der Waals surface area contributed by atoms with Gasteiger partial charge in [-0.2, -0.15) is 0 Å². The number of nitrogens with one attached hydrogen (secondary N) is 1. The topological polar surface area (TPSA) is 129 Å². The number of aryl methyl sites for hydroxylation is 2. The van der Waals surface area contributed by atoms with Gasteiger partial charge in [-0.05, 0) is 13.8 Å². The van der Waals surface area contributed by atoms with Crippen LogP contribution in [-0.2, 0) is 21.8 Å². The third-order valence-electron chi connectivity index (χ3n) is 3.20. The Morgan fingerprint density at radius 3 is 2.46 bits per heavy atom. The summed E-state index contributed by atoms with van der Waals surface area (Å²) in [5.74, 6) is -0.618. The lowest BCUT2D eigenvalue weighted by atomic mass is 10.3. The lowest BCUT2D eigenvalue weighted by Crippen LogP contribution is -2.40. The molecule has 2 rings (SSSR count). The number of carbonyl (C=O) groups is 2. The molecule has 0 atom stereocenters. The summed E-state index contributed by atoms with van der Waals surface area (Å²) < 4.78 is 32.7. The van der Waals surface area contributed by atoms with Gasteiger partial charge in [-0.15, -0.1) is 21.1 Å². The van der Waals surface area contributed by atoms with Gasteiger partial charge in [-0.25, -0.2) is 27.5 Å². The number of esters is 1. The zero-order valence-corrected chi connectivity index (χ0v) is 14.8. The molecule has 0 saturated heterocycles. The number of hydrogen-bond acceptors (Lipinski definition) is 8. The van der Waals surface area contributed by atoms with Crippen molar-refractivity contribution in [3.63, 3.8) is 0 Å². The zero-order valence-electron chi connectivity index (χ0n) is 13.2. The molecule has 24 heavy (non-hydrogen) atoms. The molecule has 0 aliphatic carbocycles. The van der Waals surface area contributed by atoms with Crippen LogP contribution in [0.15, 0.2) is 15.1 Å². The Bertz CT molecular complexity index is 982. The number of amides is 1. The second-order valence-corrected chi connectivity index (χ2v) is 7.44. The van der Waals surface area contributed by atoms with E-state index in [9.17, 15) is 22.8 Å². The summed E-state index contributed by atoms with van der Waals surface area (Å²) in [5, 5.41) is 4.99. The van der Waals surface area contributed by atoms with Crippen molar-refractivity contribution >= 4 is 33.4 Å². The van der Waals surface area contributed by atoms with Crippen molar-refractivity contribution in [3.05, 3.63) is 32.1 Å². The first-order valence-electron chi connectivity index (χ1n) is 6.46. The zero-order chi connectivity index (χ0) is 18.2. The molecule has 0 spiro atoms. The highest BCUT2D eigenvalue weighted by molar-refractivity contribution is 7.90. The van der Waals surface area contributed by atoms with Crippen molar-refractivity contribution < 1.29 is 22.7 Å². The molecule has 0 aliphatic heterocycles. The highest BCUT2D eigenvalue weighted by Gasteiger charge is 2.30. The van der Waals surface area contributed by atoms with Crippen molar-refractivity contribution in [2.75, 3.05) is 7.11 Å². The first kappa shape index (κ1) is 17.9. The molecule has 130 valence electrons.